The Bertz CT molecular complexity index is 94.7. The number of hydrogen-bond donors (Lipinski definition) is 1. The molecule has 54 valence electrons. The van der Waals surface area contributed by atoms with E-state index in [-0.39, 0.29) is 0 Å². The first-order valence-corrected chi connectivity index (χ1v) is 3.99. The molecule has 0 aromatic heterocycles. The van der Waals surface area contributed by atoms with Crippen LogP contribution in [0.1, 0.15) is 33.1 Å². The number of hydrogen-bond acceptors (Lipinski definition) is 1. The molecule has 0 aliphatic heterocycles. The highest BCUT2D eigenvalue weighted by Crippen LogP contribution is 2.56. The quantitative estimate of drug-likeness (QED) is 0.614. The second kappa shape index (κ2) is 2.30. The standard InChI is InChI=1S/C8H17N/c1-3-8(4-2)5-7(8)6-9/h7H,3-6,9H2,1-2H3. The minimum atomic E-state index is 0.675. The van der Waals surface area contributed by atoms with Gasteiger partial charge in [-0.1, -0.05) is 26.7 Å². The molecular formula is C8H17N. The maximum atomic E-state index is 5.56. The van der Waals surface area contributed by atoms with E-state index in [1.807, 2.05) is 0 Å². The molecule has 1 unspecified atom stereocenters. The van der Waals surface area contributed by atoms with E-state index in [4.69, 9.17) is 5.73 Å². The summed E-state index contributed by atoms with van der Waals surface area (Å²) in [6, 6.07) is 0. The fourth-order valence-corrected chi connectivity index (χ4v) is 1.88. The Balaban J connectivity index is 2.37. The van der Waals surface area contributed by atoms with Crippen LogP contribution in [0.25, 0.3) is 0 Å². The smallest absolute Gasteiger partial charge is 0.00433 e. The molecule has 1 heteroatoms. The molecule has 1 atom stereocenters. The van der Waals surface area contributed by atoms with Crippen LogP contribution in [0.2, 0.25) is 0 Å². The Morgan fingerprint density at radius 2 is 2.00 bits per heavy atom. The first-order chi connectivity index (χ1) is 4.29. The van der Waals surface area contributed by atoms with E-state index in [1.54, 1.807) is 0 Å². The first kappa shape index (κ1) is 7.07. The van der Waals surface area contributed by atoms with Crippen molar-refractivity contribution in [2.75, 3.05) is 6.54 Å². The van der Waals surface area contributed by atoms with E-state index in [2.05, 4.69) is 13.8 Å². The number of nitrogens with two attached hydrogens (primary N) is 1. The van der Waals surface area contributed by atoms with E-state index in [1.165, 1.54) is 19.3 Å². The molecule has 9 heavy (non-hydrogen) atoms. The molecule has 1 aliphatic carbocycles. The lowest BCUT2D eigenvalue weighted by Crippen LogP contribution is -2.09. The molecule has 0 spiro atoms. The second-order valence-corrected chi connectivity index (χ2v) is 3.21. The van der Waals surface area contributed by atoms with Gasteiger partial charge in [0, 0.05) is 0 Å². The van der Waals surface area contributed by atoms with Crippen LogP contribution in [0, 0.1) is 11.3 Å². The Kier molecular flexibility index (Phi) is 1.80. The molecule has 0 radical (unpaired) electrons. The maximum absolute atomic E-state index is 5.56. The van der Waals surface area contributed by atoms with E-state index in [0.29, 0.717) is 5.41 Å². The highest BCUT2D eigenvalue weighted by atomic mass is 14.7. The average molecular weight is 127 g/mol. The number of rotatable bonds is 3. The molecule has 0 bridgehead atoms. The molecule has 1 rings (SSSR count). The van der Waals surface area contributed by atoms with E-state index < -0.39 is 0 Å². The fourth-order valence-electron chi connectivity index (χ4n) is 1.88. The van der Waals surface area contributed by atoms with Crippen LogP contribution in [-0.4, -0.2) is 6.54 Å². The Hall–Kier alpha value is -0.0400. The zero-order chi connectivity index (χ0) is 6.91. The summed E-state index contributed by atoms with van der Waals surface area (Å²) in [7, 11) is 0. The van der Waals surface area contributed by atoms with Crippen LogP contribution in [0.5, 0.6) is 0 Å². The predicted molar refractivity (Wildman–Crippen MR) is 40.2 cm³/mol. The third kappa shape index (κ3) is 0.983. The van der Waals surface area contributed by atoms with Gasteiger partial charge in [-0.15, -0.1) is 0 Å². The van der Waals surface area contributed by atoms with Crippen LogP contribution < -0.4 is 5.73 Å². The van der Waals surface area contributed by atoms with Crippen molar-refractivity contribution in [2.45, 2.75) is 33.1 Å². The van der Waals surface area contributed by atoms with Gasteiger partial charge in [-0.25, -0.2) is 0 Å². The first-order valence-electron chi connectivity index (χ1n) is 3.99. The summed E-state index contributed by atoms with van der Waals surface area (Å²) < 4.78 is 0. The Morgan fingerprint density at radius 1 is 1.44 bits per heavy atom. The second-order valence-electron chi connectivity index (χ2n) is 3.21. The topological polar surface area (TPSA) is 26.0 Å². The molecule has 0 heterocycles. The molecule has 0 aromatic carbocycles. The van der Waals surface area contributed by atoms with Crippen molar-refractivity contribution < 1.29 is 0 Å². The normalized spacial score (nSPS) is 30.3. The van der Waals surface area contributed by atoms with Crippen LogP contribution in [0.4, 0.5) is 0 Å². The summed E-state index contributed by atoms with van der Waals surface area (Å²) in [6.07, 6.45) is 4.03. The zero-order valence-corrected chi connectivity index (χ0v) is 6.48. The van der Waals surface area contributed by atoms with Crippen molar-refractivity contribution in [3.05, 3.63) is 0 Å². The van der Waals surface area contributed by atoms with Gasteiger partial charge < -0.3 is 5.73 Å². The third-order valence-electron chi connectivity index (χ3n) is 3.05. The molecule has 2 N–H and O–H groups in total. The van der Waals surface area contributed by atoms with Gasteiger partial charge in [0.15, 0.2) is 0 Å². The van der Waals surface area contributed by atoms with E-state index in [0.717, 1.165) is 12.5 Å². The molecule has 0 amide bonds. The van der Waals surface area contributed by atoms with E-state index in [9.17, 15) is 0 Å². The lowest BCUT2D eigenvalue weighted by Gasteiger charge is -2.09. The average Bonchev–Trinajstić information content (AvgIpc) is 2.63. The fraction of sp³-hybridized carbons (Fsp3) is 1.00. The predicted octanol–water partition coefficient (Wildman–Crippen LogP) is 1.77. The van der Waals surface area contributed by atoms with Crippen molar-refractivity contribution in [1.82, 2.24) is 0 Å². The minimum Gasteiger partial charge on any atom is -0.330 e. The Morgan fingerprint density at radius 3 is 2.11 bits per heavy atom. The van der Waals surface area contributed by atoms with Gasteiger partial charge in [0.2, 0.25) is 0 Å². The maximum Gasteiger partial charge on any atom is -0.00433 e. The van der Waals surface area contributed by atoms with Gasteiger partial charge in [0.25, 0.3) is 0 Å². The lowest BCUT2D eigenvalue weighted by molar-refractivity contribution is 0.424. The molecule has 1 saturated carbocycles. The highest BCUT2D eigenvalue weighted by molar-refractivity contribution is 5.00. The van der Waals surface area contributed by atoms with Crippen LogP contribution in [-0.2, 0) is 0 Å². The van der Waals surface area contributed by atoms with Gasteiger partial charge in [-0.2, -0.15) is 0 Å². The van der Waals surface area contributed by atoms with Crippen LogP contribution >= 0.6 is 0 Å². The highest BCUT2D eigenvalue weighted by Gasteiger charge is 2.49. The lowest BCUT2D eigenvalue weighted by atomic mass is 9.97. The summed E-state index contributed by atoms with van der Waals surface area (Å²) in [6.45, 7) is 5.46. The Labute approximate surface area is 57.6 Å². The summed E-state index contributed by atoms with van der Waals surface area (Å²) >= 11 is 0. The van der Waals surface area contributed by atoms with E-state index >= 15 is 0 Å². The molecule has 0 aromatic rings. The summed E-state index contributed by atoms with van der Waals surface area (Å²) in [5.41, 5.74) is 6.24. The summed E-state index contributed by atoms with van der Waals surface area (Å²) in [5.74, 6) is 0.854. The zero-order valence-electron chi connectivity index (χ0n) is 6.48. The van der Waals surface area contributed by atoms with Gasteiger partial charge in [0.1, 0.15) is 0 Å². The van der Waals surface area contributed by atoms with Gasteiger partial charge >= 0.3 is 0 Å². The summed E-state index contributed by atoms with van der Waals surface area (Å²) in [4.78, 5) is 0. The van der Waals surface area contributed by atoms with Gasteiger partial charge in [-0.3, -0.25) is 0 Å². The molecule has 1 aliphatic rings. The minimum absolute atomic E-state index is 0.675. The monoisotopic (exact) mass is 127 g/mol. The van der Waals surface area contributed by atoms with Gasteiger partial charge in [0.05, 0.1) is 0 Å². The van der Waals surface area contributed by atoms with Crippen molar-refractivity contribution in [2.24, 2.45) is 17.1 Å². The molecule has 0 saturated heterocycles. The van der Waals surface area contributed by atoms with Crippen LogP contribution in [0.15, 0.2) is 0 Å². The van der Waals surface area contributed by atoms with Crippen molar-refractivity contribution >= 4 is 0 Å². The molecule has 1 fully saturated rings. The molecule has 1 nitrogen and oxygen atoms in total. The largest absolute Gasteiger partial charge is 0.330 e. The van der Waals surface area contributed by atoms with Crippen molar-refractivity contribution in [3.8, 4) is 0 Å². The van der Waals surface area contributed by atoms with Crippen molar-refractivity contribution in [3.63, 3.8) is 0 Å². The SMILES string of the molecule is CCC1(CC)CC1CN. The van der Waals surface area contributed by atoms with Gasteiger partial charge in [-0.05, 0) is 24.3 Å². The van der Waals surface area contributed by atoms with Crippen LogP contribution in [0.3, 0.4) is 0 Å². The van der Waals surface area contributed by atoms with Crippen molar-refractivity contribution in [1.29, 1.82) is 0 Å². The third-order valence-corrected chi connectivity index (χ3v) is 3.05. The summed E-state index contributed by atoms with van der Waals surface area (Å²) in [5, 5.41) is 0. The molecular weight excluding hydrogens is 110 g/mol.